The van der Waals surface area contributed by atoms with Crippen molar-refractivity contribution in [2.24, 2.45) is 12.8 Å². The van der Waals surface area contributed by atoms with Crippen molar-refractivity contribution in [3.8, 4) is 0 Å². The minimum atomic E-state index is -0.924. The third-order valence-electron chi connectivity index (χ3n) is 1.46. The molecule has 1 rings (SSSR count). The summed E-state index contributed by atoms with van der Waals surface area (Å²) in [4.78, 5) is 3.96. The minimum absolute atomic E-state index is 0.667. The smallest absolute Gasteiger partial charge is 0.145 e. The van der Waals surface area contributed by atoms with Crippen molar-refractivity contribution in [1.29, 1.82) is 0 Å². The number of aliphatic hydroxyl groups is 1. The highest BCUT2D eigenvalue weighted by atomic mass is 16.3. The molecule has 1 aromatic rings. The summed E-state index contributed by atoms with van der Waals surface area (Å²) in [6.45, 7) is 1.81. The molecule has 3 N–H and O–H groups in total. The number of aryl methyl sites for hydroxylation is 2. The SMILES string of the molecule is Cc1ncn(C)c1C(N)O. The third kappa shape index (κ3) is 1.03. The van der Waals surface area contributed by atoms with Crippen molar-refractivity contribution >= 4 is 0 Å². The standard InChI is InChI=1S/C6H11N3O/c1-4-5(6(7)10)9(2)3-8-4/h3,6,10H,7H2,1-2H3. The third-order valence-corrected chi connectivity index (χ3v) is 1.46. The van der Waals surface area contributed by atoms with Crippen LogP contribution in [0.25, 0.3) is 0 Å². The lowest BCUT2D eigenvalue weighted by atomic mass is 10.3. The number of nitrogens with zero attached hydrogens (tertiary/aromatic N) is 2. The fourth-order valence-electron chi connectivity index (χ4n) is 0.979. The summed E-state index contributed by atoms with van der Waals surface area (Å²) < 4.78 is 1.71. The molecule has 10 heavy (non-hydrogen) atoms. The lowest BCUT2D eigenvalue weighted by Gasteiger charge is -2.05. The molecule has 0 spiro atoms. The molecular weight excluding hydrogens is 130 g/mol. The van der Waals surface area contributed by atoms with Crippen LogP contribution in [0.4, 0.5) is 0 Å². The Morgan fingerprint density at radius 1 is 1.80 bits per heavy atom. The Labute approximate surface area is 59.3 Å². The molecule has 1 aromatic heterocycles. The van der Waals surface area contributed by atoms with Gasteiger partial charge >= 0.3 is 0 Å². The zero-order valence-electron chi connectivity index (χ0n) is 6.07. The predicted octanol–water partition coefficient (Wildman–Crippen LogP) is -0.322. The largest absolute Gasteiger partial charge is 0.373 e. The van der Waals surface area contributed by atoms with Gasteiger partial charge in [-0.05, 0) is 6.92 Å². The van der Waals surface area contributed by atoms with E-state index in [0.29, 0.717) is 5.69 Å². The van der Waals surface area contributed by atoms with E-state index in [2.05, 4.69) is 4.98 Å². The minimum Gasteiger partial charge on any atom is -0.373 e. The average Bonchev–Trinajstić information content (AvgIpc) is 2.11. The van der Waals surface area contributed by atoms with Crippen LogP contribution in [0.15, 0.2) is 6.33 Å². The van der Waals surface area contributed by atoms with Gasteiger partial charge in [0.25, 0.3) is 0 Å². The number of aliphatic hydroxyl groups excluding tert-OH is 1. The van der Waals surface area contributed by atoms with E-state index in [0.717, 1.165) is 5.69 Å². The zero-order valence-corrected chi connectivity index (χ0v) is 6.07. The molecule has 0 aromatic carbocycles. The lowest BCUT2D eigenvalue weighted by Crippen LogP contribution is -2.13. The van der Waals surface area contributed by atoms with Gasteiger partial charge in [0.15, 0.2) is 0 Å². The number of rotatable bonds is 1. The Hall–Kier alpha value is -0.870. The van der Waals surface area contributed by atoms with Crippen LogP contribution in [0, 0.1) is 6.92 Å². The second kappa shape index (κ2) is 2.40. The van der Waals surface area contributed by atoms with Gasteiger partial charge in [-0.15, -0.1) is 0 Å². The lowest BCUT2D eigenvalue weighted by molar-refractivity contribution is 0.177. The van der Waals surface area contributed by atoms with E-state index in [1.807, 2.05) is 6.92 Å². The molecule has 1 heterocycles. The zero-order chi connectivity index (χ0) is 7.72. The summed E-state index contributed by atoms with van der Waals surface area (Å²) in [5, 5.41) is 8.99. The average molecular weight is 141 g/mol. The molecule has 0 saturated carbocycles. The summed E-state index contributed by atoms with van der Waals surface area (Å²) >= 11 is 0. The van der Waals surface area contributed by atoms with E-state index < -0.39 is 6.23 Å². The summed E-state index contributed by atoms with van der Waals surface area (Å²) in [5.41, 5.74) is 6.70. The number of aromatic nitrogens is 2. The summed E-state index contributed by atoms with van der Waals surface area (Å²) in [5.74, 6) is 0. The molecule has 4 nitrogen and oxygen atoms in total. The molecule has 0 fully saturated rings. The molecule has 0 amide bonds. The van der Waals surface area contributed by atoms with Crippen LogP contribution < -0.4 is 5.73 Å². The molecule has 56 valence electrons. The maximum absolute atomic E-state index is 8.99. The molecule has 0 aliphatic carbocycles. The van der Waals surface area contributed by atoms with E-state index in [1.54, 1.807) is 17.9 Å². The second-order valence-electron chi connectivity index (χ2n) is 2.27. The van der Waals surface area contributed by atoms with Crippen LogP contribution in [0.3, 0.4) is 0 Å². The molecule has 1 unspecified atom stereocenters. The number of hydrogen-bond donors (Lipinski definition) is 2. The van der Waals surface area contributed by atoms with Crippen LogP contribution in [0.1, 0.15) is 17.6 Å². The van der Waals surface area contributed by atoms with Crippen LogP contribution >= 0.6 is 0 Å². The molecule has 0 bridgehead atoms. The van der Waals surface area contributed by atoms with Crippen molar-refractivity contribution in [2.75, 3.05) is 0 Å². The Balaban J connectivity index is 3.10. The Bertz CT molecular complexity index is 209. The van der Waals surface area contributed by atoms with Gasteiger partial charge < -0.3 is 15.4 Å². The Morgan fingerprint density at radius 2 is 2.40 bits per heavy atom. The van der Waals surface area contributed by atoms with Crippen LogP contribution in [0.2, 0.25) is 0 Å². The maximum Gasteiger partial charge on any atom is 0.145 e. The fourth-order valence-corrected chi connectivity index (χ4v) is 0.979. The highest BCUT2D eigenvalue weighted by Gasteiger charge is 2.09. The van der Waals surface area contributed by atoms with Crippen LogP contribution in [-0.4, -0.2) is 14.7 Å². The van der Waals surface area contributed by atoms with Gasteiger partial charge in [-0.2, -0.15) is 0 Å². The molecule has 0 aliphatic heterocycles. The molecule has 0 aliphatic rings. The first kappa shape index (κ1) is 7.24. The molecule has 4 heteroatoms. The first-order chi connectivity index (χ1) is 4.63. The first-order valence-electron chi connectivity index (χ1n) is 3.04. The second-order valence-corrected chi connectivity index (χ2v) is 2.27. The molecule has 0 saturated heterocycles. The Kier molecular flexibility index (Phi) is 1.74. The van der Waals surface area contributed by atoms with E-state index in [1.165, 1.54) is 0 Å². The van der Waals surface area contributed by atoms with Gasteiger partial charge in [-0.3, -0.25) is 0 Å². The highest BCUT2D eigenvalue weighted by Crippen LogP contribution is 2.09. The van der Waals surface area contributed by atoms with Crippen LogP contribution in [0.5, 0.6) is 0 Å². The van der Waals surface area contributed by atoms with Gasteiger partial charge in [0, 0.05) is 7.05 Å². The van der Waals surface area contributed by atoms with Gasteiger partial charge in [0.2, 0.25) is 0 Å². The van der Waals surface area contributed by atoms with Gasteiger partial charge in [0.05, 0.1) is 17.7 Å². The fraction of sp³-hybridized carbons (Fsp3) is 0.500. The predicted molar refractivity (Wildman–Crippen MR) is 37.1 cm³/mol. The van der Waals surface area contributed by atoms with E-state index in [9.17, 15) is 0 Å². The molecular formula is C6H11N3O. The topological polar surface area (TPSA) is 64.1 Å². The summed E-state index contributed by atoms with van der Waals surface area (Å²) in [6, 6.07) is 0. The summed E-state index contributed by atoms with van der Waals surface area (Å²) in [6.07, 6.45) is 0.702. The normalized spacial score (nSPS) is 13.6. The monoisotopic (exact) mass is 141 g/mol. The number of imidazole rings is 1. The van der Waals surface area contributed by atoms with Crippen LogP contribution in [-0.2, 0) is 7.05 Å². The number of nitrogens with two attached hydrogens (primary N) is 1. The first-order valence-corrected chi connectivity index (χ1v) is 3.04. The Morgan fingerprint density at radius 3 is 2.60 bits per heavy atom. The van der Waals surface area contributed by atoms with E-state index in [4.69, 9.17) is 10.8 Å². The van der Waals surface area contributed by atoms with Crippen molar-refractivity contribution in [2.45, 2.75) is 13.2 Å². The summed E-state index contributed by atoms with van der Waals surface area (Å²) in [7, 11) is 1.80. The molecule has 1 atom stereocenters. The van der Waals surface area contributed by atoms with Gasteiger partial charge in [-0.25, -0.2) is 4.98 Å². The van der Waals surface area contributed by atoms with Crippen molar-refractivity contribution in [3.63, 3.8) is 0 Å². The van der Waals surface area contributed by atoms with E-state index >= 15 is 0 Å². The quantitative estimate of drug-likeness (QED) is 0.527. The van der Waals surface area contributed by atoms with E-state index in [-0.39, 0.29) is 0 Å². The maximum atomic E-state index is 8.99. The van der Waals surface area contributed by atoms with Crippen molar-refractivity contribution in [3.05, 3.63) is 17.7 Å². The van der Waals surface area contributed by atoms with Gasteiger partial charge in [0.1, 0.15) is 6.23 Å². The van der Waals surface area contributed by atoms with Crippen molar-refractivity contribution in [1.82, 2.24) is 9.55 Å². The van der Waals surface area contributed by atoms with Gasteiger partial charge in [-0.1, -0.05) is 0 Å². The number of hydrogen-bond acceptors (Lipinski definition) is 3. The molecule has 0 radical (unpaired) electrons. The highest BCUT2D eigenvalue weighted by molar-refractivity contribution is 5.12. The van der Waals surface area contributed by atoms with Crippen molar-refractivity contribution < 1.29 is 5.11 Å².